The highest BCUT2D eigenvalue weighted by Gasteiger charge is 2.09. The van der Waals surface area contributed by atoms with E-state index < -0.39 is 0 Å². The number of thiophene rings is 1. The third kappa shape index (κ3) is 3.63. The Bertz CT molecular complexity index is 493. The van der Waals surface area contributed by atoms with Crippen molar-refractivity contribution in [3.8, 4) is 9.88 Å². The van der Waals surface area contributed by atoms with Crippen molar-refractivity contribution in [1.82, 2.24) is 10.3 Å². The maximum absolute atomic E-state index is 11.6. The van der Waals surface area contributed by atoms with E-state index in [0.717, 1.165) is 22.0 Å². The lowest BCUT2D eigenvalue weighted by Crippen LogP contribution is -2.27. The standard InChI is InChI=1S/C12H15N3OS2/c13-4-2-5-14-11(16)7-9-8-18-12(15-9)10-3-1-6-17-10/h1,3,6,8H,2,4-5,7,13H2,(H,14,16). The monoisotopic (exact) mass is 281 g/mol. The molecule has 0 unspecified atom stereocenters. The predicted octanol–water partition coefficient (Wildman–Crippen LogP) is 1.88. The zero-order valence-corrected chi connectivity index (χ0v) is 11.5. The molecule has 1 amide bonds. The van der Waals surface area contributed by atoms with Crippen LogP contribution >= 0.6 is 22.7 Å². The summed E-state index contributed by atoms with van der Waals surface area (Å²) in [6.07, 6.45) is 1.15. The van der Waals surface area contributed by atoms with Gasteiger partial charge in [0.15, 0.2) is 0 Å². The minimum absolute atomic E-state index is 0.00600. The molecule has 2 rings (SSSR count). The summed E-state index contributed by atoms with van der Waals surface area (Å²) in [6.45, 7) is 1.23. The second-order valence-corrected chi connectivity index (χ2v) is 5.60. The molecule has 2 aromatic heterocycles. The normalized spacial score (nSPS) is 10.5. The lowest BCUT2D eigenvalue weighted by Gasteiger charge is -2.01. The van der Waals surface area contributed by atoms with Crippen molar-refractivity contribution in [1.29, 1.82) is 0 Å². The zero-order valence-electron chi connectivity index (χ0n) is 9.89. The fraction of sp³-hybridized carbons (Fsp3) is 0.333. The molecule has 0 radical (unpaired) electrons. The fourth-order valence-electron chi connectivity index (χ4n) is 1.46. The highest BCUT2D eigenvalue weighted by molar-refractivity contribution is 7.20. The van der Waals surface area contributed by atoms with Gasteiger partial charge in [-0.05, 0) is 24.4 Å². The lowest BCUT2D eigenvalue weighted by atomic mass is 10.3. The van der Waals surface area contributed by atoms with Gasteiger partial charge in [-0.25, -0.2) is 4.98 Å². The van der Waals surface area contributed by atoms with Crippen molar-refractivity contribution in [3.63, 3.8) is 0 Å². The number of nitrogens with one attached hydrogen (secondary N) is 1. The highest BCUT2D eigenvalue weighted by atomic mass is 32.1. The van der Waals surface area contributed by atoms with Crippen LogP contribution in [0.1, 0.15) is 12.1 Å². The largest absolute Gasteiger partial charge is 0.356 e. The number of hydrogen-bond acceptors (Lipinski definition) is 5. The maximum atomic E-state index is 11.6. The maximum Gasteiger partial charge on any atom is 0.226 e. The van der Waals surface area contributed by atoms with Crippen molar-refractivity contribution >= 4 is 28.6 Å². The number of aromatic nitrogens is 1. The summed E-state index contributed by atoms with van der Waals surface area (Å²) in [5.74, 6) is 0.00600. The summed E-state index contributed by atoms with van der Waals surface area (Å²) in [4.78, 5) is 17.2. The first kappa shape index (κ1) is 13.2. The molecule has 6 heteroatoms. The van der Waals surface area contributed by atoms with Gasteiger partial charge in [-0.2, -0.15) is 0 Å². The highest BCUT2D eigenvalue weighted by Crippen LogP contribution is 2.27. The van der Waals surface area contributed by atoms with Crippen molar-refractivity contribution < 1.29 is 4.79 Å². The third-order valence-corrected chi connectivity index (χ3v) is 4.26. The first-order valence-corrected chi connectivity index (χ1v) is 7.50. The molecular weight excluding hydrogens is 266 g/mol. The number of hydrogen-bond donors (Lipinski definition) is 2. The third-order valence-electron chi connectivity index (χ3n) is 2.33. The van der Waals surface area contributed by atoms with Gasteiger partial charge in [-0.15, -0.1) is 22.7 Å². The van der Waals surface area contributed by atoms with Gasteiger partial charge in [0.25, 0.3) is 0 Å². The molecule has 18 heavy (non-hydrogen) atoms. The Hall–Kier alpha value is -1.24. The van der Waals surface area contributed by atoms with Crippen LogP contribution < -0.4 is 11.1 Å². The molecule has 4 nitrogen and oxygen atoms in total. The SMILES string of the molecule is NCCCNC(=O)Cc1csc(-c2cccs2)n1. The summed E-state index contributed by atoms with van der Waals surface area (Å²) in [5, 5.41) is 7.77. The Kier molecular flexibility index (Phi) is 4.86. The molecule has 0 spiro atoms. The van der Waals surface area contributed by atoms with Crippen molar-refractivity contribution in [2.75, 3.05) is 13.1 Å². The number of rotatable bonds is 6. The van der Waals surface area contributed by atoms with E-state index >= 15 is 0 Å². The number of thiazole rings is 1. The van der Waals surface area contributed by atoms with Gasteiger partial charge in [-0.3, -0.25) is 4.79 Å². The summed E-state index contributed by atoms with van der Waals surface area (Å²) in [7, 11) is 0. The number of carbonyl (C=O) groups excluding carboxylic acids is 1. The van der Waals surface area contributed by atoms with Gasteiger partial charge in [0.1, 0.15) is 5.01 Å². The average Bonchev–Trinajstić information content (AvgIpc) is 2.98. The molecule has 0 aliphatic carbocycles. The topological polar surface area (TPSA) is 68.0 Å². The summed E-state index contributed by atoms with van der Waals surface area (Å²) < 4.78 is 0. The quantitative estimate of drug-likeness (QED) is 0.794. The van der Waals surface area contributed by atoms with E-state index in [1.807, 2.05) is 22.9 Å². The molecular formula is C12H15N3OS2. The molecule has 0 saturated heterocycles. The van der Waals surface area contributed by atoms with Gasteiger partial charge in [0, 0.05) is 11.9 Å². The lowest BCUT2D eigenvalue weighted by molar-refractivity contribution is -0.120. The first-order chi connectivity index (χ1) is 8.79. The Labute approximate surface area is 114 Å². The predicted molar refractivity (Wildman–Crippen MR) is 75.8 cm³/mol. The Morgan fingerprint density at radius 1 is 1.44 bits per heavy atom. The summed E-state index contributed by atoms with van der Waals surface area (Å²) in [6, 6.07) is 4.04. The summed E-state index contributed by atoms with van der Waals surface area (Å²) in [5.41, 5.74) is 6.19. The molecule has 2 aromatic rings. The minimum Gasteiger partial charge on any atom is -0.356 e. The van der Waals surface area contributed by atoms with Crippen molar-refractivity contribution in [2.45, 2.75) is 12.8 Å². The van der Waals surface area contributed by atoms with Gasteiger partial charge in [0.05, 0.1) is 17.0 Å². The second-order valence-electron chi connectivity index (χ2n) is 3.79. The van der Waals surface area contributed by atoms with E-state index in [0.29, 0.717) is 19.5 Å². The Morgan fingerprint density at radius 2 is 2.33 bits per heavy atom. The van der Waals surface area contributed by atoms with Crippen LogP contribution in [0.4, 0.5) is 0 Å². The number of amides is 1. The van der Waals surface area contributed by atoms with Crippen LogP contribution in [-0.2, 0) is 11.2 Å². The smallest absolute Gasteiger partial charge is 0.226 e. The van der Waals surface area contributed by atoms with Crippen molar-refractivity contribution in [2.24, 2.45) is 5.73 Å². The van der Waals surface area contributed by atoms with Crippen LogP contribution in [0.2, 0.25) is 0 Å². The molecule has 96 valence electrons. The Morgan fingerprint density at radius 3 is 3.06 bits per heavy atom. The molecule has 0 aliphatic rings. The molecule has 2 heterocycles. The molecule has 0 aliphatic heterocycles. The van der Waals surface area contributed by atoms with Crippen LogP contribution in [0.15, 0.2) is 22.9 Å². The molecule has 0 atom stereocenters. The van der Waals surface area contributed by atoms with Crippen LogP contribution in [0.25, 0.3) is 9.88 Å². The second kappa shape index (κ2) is 6.63. The molecule has 0 aromatic carbocycles. The van der Waals surface area contributed by atoms with Crippen LogP contribution in [0, 0.1) is 0 Å². The molecule has 0 saturated carbocycles. The van der Waals surface area contributed by atoms with E-state index in [1.54, 1.807) is 22.7 Å². The van der Waals surface area contributed by atoms with Crippen molar-refractivity contribution in [3.05, 3.63) is 28.6 Å². The van der Waals surface area contributed by atoms with Crippen LogP contribution in [0.3, 0.4) is 0 Å². The van der Waals surface area contributed by atoms with Gasteiger partial charge < -0.3 is 11.1 Å². The van der Waals surface area contributed by atoms with Gasteiger partial charge in [-0.1, -0.05) is 6.07 Å². The number of nitrogens with two attached hydrogens (primary N) is 1. The summed E-state index contributed by atoms with van der Waals surface area (Å²) >= 11 is 3.24. The fourth-order valence-corrected chi connectivity index (χ4v) is 3.09. The Balaban J connectivity index is 1.89. The van der Waals surface area contributed by atoms with E-state index in [1.165, 1.54) is 0 Å². The van der Waals surface area contributed by atoms with Gasteiger partial charge in [0.2, 0.25) is 5.91 Å². The van der Waals surface area contributed by atoms with E-state index in [4.69, 9.17) is 5.73 Å². The molecule has 0 fully saturated rings. The van der Waals surface area contributed by atoms with E-state index in [2.05, 4.69) is 10.3 Å². The van der Waals surface area contributed by atoms with Crippen LogP contribution in [-0.4, -0.2) is 24.0 Å². The molecule has 3 N–H and O–H groups in total. The number of nitrogens with zero attached hydrogens (tertiary/aromatic N) is 1. The van der Waals surface area contributed by atoms with Gasteiger partial charge >= 0.3 is 0 Å². The van der Waals surface area contributed by atoms with E-state index in [-0.39, 0.29) is 5.91 Å². The average molecular weight is 281 g/mol. The minimum atomic E-state index is 0.00600. The molecule has 0 bridgehead atoms. The van der Waals surface area contributed by atoms with E-state index in [9.17, 15) is 4.79 Å². The van der Waals surface area contributed by atoms with Crippen LogP contribution in [0.5, 0.6) is 0 Å². The first-order valence-electron chi connectivity index (χ1n) is 5.74. The zero-order chi connectivity index (χ0) is 12.8. The number of carbonyl (C=O) groups is 1.